The number of carbonyl (C=O) groups excluding carboxylic acids is 1. The summed E-state index contributed by atoms with van der Waals surface area (Å²) in [7, 11) is 1.78. The van der Waals surface area contributed by atoms with Crippen molar-refractivity contribution in [2.24, 2.45) is 16.6 Å². The predicted octanol–water partition coefficient (Wildman–Crippen LogP) is 2.49. The Morgan fingerprint density at radius 1 is 1.30 bits per heavy atom. The first-order valence-corrected chi connectivity index (χ1v) is 11.3. The molecule has 1 aliphatic rings. The molecule has 0 spiro atoms. The zero-order valence-electron chi connectivity index (χ0n) is 18.0. The third-order valence-corrected chi connectivity index (χ3v) is 6.86. The molecule has 0 saturated carbocycles. The van der Waals surface area contributed by atoms with Crippen LogP contribution in [0, 0.1) is 5.92 Å². The molecule has 1 amide bonds. The van der Waals surface area contributed by atoms with Gasteiger partial charge in [0, 0.05) is 61.2 Å². The second kappa shape index (κ2) is 9.93. The van der Waals surface area contributed by atoms with Crippen LogP contribution in [0.5, 0.6) is 0 Å². The molecule has 8 heteroatoms. The Balaban J connectivity index is 1.58. The van der Waals surface area contributed by atoms with Crippen LogP contribution in [0.15, 0.2) is 40.8 Å². The van der Waals surface area contributed by atoms with E-state index in [-0.39, 0.29) is 17.2 Å². The normalized spacial score (nSPS) is 15.8. The number of hydrogen-bond acceptors (Lipinski definition) is 5. The minimum absolute atomic E-state index is 0.0238. The second-order valence-corrected chi connectivity index (χ2v) is 9.24. The van der Waals surface area contributed by atoms with Gasteiger partial charge in [-0.05, 0) is 30.4 Å². The lowest BCUT2D eigenvalue weighted by Crippen LogP contribution is -2.43. The van der Waals surface area contributed by atoms with Gasteiger partial charge in [0.1, 0.15) is 5.82 Å². The molecule has 4 N–H and O–H groups in total. The highest BCUT2D eigenvalue weighted by atomic mass is 32.1. The first kappa shape index (κ1) is 22.1. The van der Waals surface area contributed by atoms with Gasteiger partial charge in [0.15, 0.2) is 5.96 Å². The summed E-state index contributed by atoms with van der Waals surface area (Å²) in [5.74, 6) is 1.50. The summed E-state index contributed by atoms with van der Waals surface area (Å²) in [4.78, 5) is 24.0. The van der Waals surface area contributed by atoms with Gasteiger partial charge in [0.2, 0.25) is 5.91 Å². The van der Waals surface area contributed by atoms with Crippen molar-refractivity contribution >= 4 is 29.0 Å². The molecule has 0 aromatic carbocycles. The number of guanidine groups is 1. The third kappa shape index (κ3) is 5.50. The van der Waals surface area contributed by atoms with E-state index in [4.69, 9.17) is 5.73 Å². The van der Waals surface area contributed by atoms with Gasteiger partial charge in [-0.1, -0.05) is 26.0 Å². The van der Waals surface area contributed by atoms with Crippen LogP contribution in [0.3, 0.4) is 0 Å². The highest BCUT2D eigenvalue weighted by molar-refractivity contribution is 7.10. The molecule has 0 bridgehead atoms. The number of primary amides is 1. The summed E-state index contributed by atoms with van der Waals surface area (Å²) in [5.41, 5.74) is 6.60. The average molecular weight is 429 g/mol. The minimum atomic E-state index is -0.196. The van der Waals surface area contributed by atoms with Crippen molar-refractivity contribution in [3.63, 3.8) is 0 Å². The molecule has 30 heavy (non-hydrogen) atoms. The Labute approximate surface area is 182 Å². The van der Waals surface area contributed by atoms with E-state index < -0.39 is 0 Å². The van der Waals surface area contributed by atoms with Crippen molar-refractivity contribution in [2.75, 3.05) is 31.6 Å². The summed E-state index contributed by atoms with van der Waals surface area (Å²) in [5, 5.41) is 8.97. The predicted molar refractivity (Wildman–Crippen MR) is 124 cm³/mol. The molecule has 1 fully saturated rings. The molecule has 1 aliphatic heterocycles. The number of aliphatic imine (C=N–C) groups is 1. The van der Waals surface area contributed by atoms with Crippen molar-refractivity contribution in [1.29, 1.82) is 0 Å². The van der Waals surface area contributed by atoms with E-state index >= 15 is 0 Å². The van der Waals surface area contributed by atoms with Crippen LogP contribution >= 0.6 is 11.3 Å². The average Bonchev–Trinajstić information content (AvgIpc) is 3.30. The molecule has 0 unspecified atom stereocenters. The fourth-order valence-electron chi connectivity index (χ4n) is 3.68. The van der Waals surface area contributed by atoms with Crippen LogP contribution in [0.1, 0.15) is 37.1 Å². The number of nitrogens with zero attached hydrogens (tertiary/aromatic N) is 3. The number of pyridine rings is 1. The fraction of sp³-hybridized carbons (Fsp3) is 0.500. The van der Waals surface area contributed by atoms with Crippen LogP contribution in [-0.2, 0) is 16.8 Å². The molecule has 3 rings (SSSR count). The van der Waals surface area contributed by atoms with Crippen molar-refractivity contribution in [2.45, 2.75) is 38.6 Å². The number of rotatable bonds is 7. The third-order valence-electron chi connectivity index (χ3n) is 5.62. The molecule has 2 aromatic heterocycles. The van der Waals surface area contributed by atoms with E-state index in [1.54, 1.807) is 18.4 Å². The van der Waals surface area contributed by atoms with Crippen LogP contribution < -0.4 is 21.3 Å². The summed E-state index contributed by atoms with van der Waals surface area (Å²) < 4.78 is 0. The second-order valence-electron chi connectivity index (χ2n) is 8.29. The fourth-order valence-corrected chi connectivity index (χ4v) is 4.54. The Bertz CT molecular complexity index is 856. The van der Waals surface area contributed by atoms with Crippen LogP contribution in [0.4, 0.5) is 5.82 Å². The summed E-state index contributed by atoms with van der Waals surface area (Å²) >= 11 is 1.78. The lowest BCUT2D eigenvalue weighted by atomic mass is 9.91. The maximum absolute atomic E-state index is 11.4. The van der Waals surface area contributed by atoms with Gasteiger partial charge in [-0.2, -0.15) is 0 Å². The van der Waals surface area contributed by atoms with Gasteiger partial charge in [0.05, 0.1) is 0 Å². The first-order valence-electron chi connectivity index (χ1n) is 10.4. The molecule has 0 radical (unpaired) electrons. The van der Waals surface area contributed by atoms with Crippen LogP contribution in [-0.4, -0.2) is 43.5 Å². The Morgan fingerprint density at radius 2 is 2.07 bits per heavy atom. The smallest absolute Gasteiger partial charge is 0.220 e. The van der Waals surface area contributed by atoms with Crippen molar-refractivity contribution < 1.29 is 4.79 Å². The molecule has 3 heterocycles. The lowest BCUT2D eigenvalue weighted by Gasteiger charge is -2.32. The van der Waals surface area contributed by atoms with Crippen molar-refractivity contribution in [1.82, 2.24) is 15.6 Å². The zero-order chi connectivity index (χ0) is 21.6. The molecule has 162 valence electrons. The van der Waals surface area contributed by atoms with Crippen molar-refractivity contribution in [3.8, 4) is 0 Å². The standard InChI is InChI=1S/C22H32N6OS/c1-22(2,18-7-5-13-30-18)15-27-21(24-3)26-14-17-6-4-10-25-20(17)28-11-8-16(9-12-28)19(23)29/h4-7,10,13,16H,8-9,11-12,14-15H2,1-3H3,(H2,23,29)(H2,24,26,27). The quantitative estimate of drug-likeness (QED) is 0.465. The topological polar surface area (TPSA) is 95.6 Å². The number of anilines is 1. The van der Waals surface area contributed by atoms with Gasteiger partial charge >= 0.3 is 0 Å². The Morgan fingerprint density at radius 3 is 2.70 bits per heavy atom. The summed E-state index contributed by atoms with van der Waals surface area (Å²) in [6, 6.07) is 8.29. The number of nitrogens with two attached hydrogens (primary N) is 1. The Kier molecular flexibility index (Phi) is 7.31. The maximum Gasteiger partial charge on any atom is 0.220 e. The molecule has 2 aromatic rings. The molecular weight excluding hydrogens is 396 g/mol. The summed E-state index contributed by atoms with van der Waals surface area (Å²) in [6.07, 6.45) is 3.37. The molecule has 1 saturated heterocycles. The number of carbonyl (C=O) groups is 1. The zero-order valence-corrected chi connectivity index (χ0v) is 18.8. The number of aromatic nitrogens is 1. The number of thiophene rings is 1. The highest BCUT2D eigenvalue weighted by Gasteiger charge is 2.25. The molecular formula is C22H32N6OS. The van der Waals surface area contributed by atoms with Gasteiger partial charge in [0.25, 0.3) is 0 Å². The van der Waals surface area contributed by atoms with Gasteiger partial charge in [-0.25, -0.2) is 4.98 Å². The number of hydrogen-bond donors (Lipinski definition) is 3. The maximum atomic E-state index is 11.4. The minimum Gasteiger partial charge on any atom is -0.369 e. The Hall–Kier alpha value is -2.61. The van der Waals surface area contributed by atoms with Crippen LogP contribution in [0.2, 0.25) is 0 Å². The van der Waals surface area contributed by atoms with Gasteiger partial charge in [-0.3, -0.25) is 9.79 Å². The largest absolute Gasteiger partial charge is 0.369 e. The lowest BCUT2D eigenvalue weighted by molar-refractivity contribution is -0.122. The van der Waals surface area contributed by atoms with E-state index in [1.807, 2.05) is 12.3 Å². The van der Waals surface area contributed by atoms with E-state index in [2.05, 4.69) is 62.9 Å². The highest BCUT2D eigenvalue weighted by Crippen LogP contribution is 2.27. The number of piperidine rings is 1. The molecule has 7 nitrogen and oxygen atoms in total. The molecule has 0 aliphatic carbocycles. The van der Waals surface area contributed by atoms with E-state index in [0.29, 0.717) is 6.54 Å². The SMILES string of the molecule is CN=C(NCc1cccnc1N1CCC(C(N)=O)CC1)NCC(C)(C)c1cccs1. The van der Waals surface area contributed by atoms with Crippen molar-refractivity contribution in [3.05, 3.63) is 46.3 Å². The van der Waals surface area contributed by atoms with E-state index in [1.165, 1.54) is 4.88 Å². The monoisotopic (exact) mass is 428 g/mol. The van der Waals surface area contributed by atoms with Gasteiger partial charge < -0.3 is 21.3 Å². The number of amides is 1. The summed E-state index contributed by atoms with van der Waals surface area (Å²) in [6.45, 7) is 7.45. The first-order chi connectivity index (χ1) is 14.4. The van der Waals surface area contributed by atoms with Gasteiger partial charge in [-0.15, -0.1) is 11.3 Å². The van der Waals surface area contributed by atoms with Crippen LogP contribution in [0.25, 0.3) is 0 Å². The number of nitrogens with one attached hydrogen (secondary N) is 2. The molecule has 0 atom stereocenters. The van der Waals surface area contributed by atoms with E-state index in [9.17, 15) is 4.79 Å². The van der Waals surface area contributed by atoms with E-state index in [0.717, 1.165) is 49.8 Å².